The number of piperidine rings is 1. The van der Waals surface area contributed by atoms with Gasteiger partial charge in [0.05, 0.1) is 12.0 Å². The van der Waals surface area contributed by atoms with Gasteiger partial charge in [0.2, 0.25) is 10.0 Å². The summed E-state index contributed by atoms with van der Waals surface area (Å²) in [6, 6.07) is 9.76. The average molecular weight is 469 g/mol. The van der Waals surface area contributed by atoms with Crippen molar-refractivity contribution in [1.82, 2.24) is 4.31 Å². The zero-order valence-electron chi connectivity index (χ0n) is 18.0. The standard InChI is InChI=1S/C22H26F2N2O5S/c1-14-10-15(2)13-26(12-14)32(28,29)18-7-5-17(6-8-18)25-21(27)16-4-9-19(30-3)20(11-16)31-22(23)24/h4-9,11,14-15,22H,10,12-13H2,1-3H3,(H,25,27). The summed E-state index contributed by atoms with van der Waals surface area (Å²) < 4.78 is 62.0. The van der Waals surface area contributed by atoms with E-state index in [1.54, 1.807) is 0 Å². The Balaban J connectivity index is 1.74. The Morgan fingerprint density at radius 3 is 2.25 bits per heavy atom. The van der Waals surface area contributed by atoms with Gasteiger partial charge in [-0.25, -0.2) is 8.42 Å². The van der Waals surface area contributed by atoms with Gasteiger partial charge in [-0.2, -0.15) is 13.1 Å². The second-order valence-corrected chi connectivity index (χ2v) is 9.93. The lowest BCUT2D eigenvalue weighted by Crippen LogP contribution is -2.42. The number of amides is 1. The molecule has 1 fully saturated rings. The van der Waals surface area contributed by atoms with Gasteiger partial charge in [-0.3, -0.25) is 4.79 Å². The zero-order chi connectivity index (χ0) is 23.5. The number of alkyl halides is 2. The van der Waals surface area contributed by atoms with Gasteiger partial charge in [-0.1, -0.05) is 13.8 Å². The van der Waals surface area contributed by atoms with Crippen LogP contribution in [-0.4, -0.2) is 45.4 Å². The lowest BCUT2D eigenvalue weighted by Gasteiger charge is -2.34. The number of benzene rings is 2. The van der Waals surface area contributed by atoms with Crippen molar-refractivity contribution in [2.24, 2.45) is 11.8 Å². The molecule has 0 aromatic heterocycles. The van der Waals surface area contributed by atoms with E-state index >= 15 is 0 Å². The topological polar surface area (TPSA) is 84.9 Å². The molecular formula is C22H26F2N2O5S. The number of hydrogen-bond donors (Lipinski definition) is 1. The number of anilines is 1. The molecule has 10 heteroatoms. The Labute approximate surface area is 186 Å². The second-order valence-electron chi connectivity index (χ2n) is 7.99. The van der Waals surface area contributed by atoms with E-state index in [9.17, 15) is 22.0 Å². The molecule has 174 valence electrons. The van der Waals surface area contributed by atoms with Crippen molar-refractivity contribution < 1.29 is 31.5 Å². The van der Waals surface area contributed by atoms with E-state index in [-0.39, 0.29) is 33.8 Å². The largest absolute Gasteiger partial charge is 0.493 e. The third-order valence-electron chi connectivity index (χ3n) is 5.23. The molecule has 2 aromatic carbocycles. The predicted molar refractivity (Wildman–Crippen MR) is 116 cm³/mol. The van der Waals surface area contributed by atoms with Crippen molar-refractivity contribution in [2.75, 3.05) is 25.5 Å². The van der Waals surface area contributed by atoms with Crippen LogP contribution < -0.4 is 14.8 Å². The fourth-order valence-electron chi connectivity index (χ4n) is 3.87. The van der Waals surface area contributed by atoms with Crippen LogP contribution in [0.25, 0.3) is 0 Å². The summed E-state index contributed by atoms with van der Waals surface area (Å²) in [5.74, 6) is -0.188. The number of halogens is 2. The van der Waals surface area contributed by atoms with Gasteiger partial charge in [0.25, 0.3) is 5.91 Å². The van der Waals surface area contributed by atoms with Gasteiger partial charge in [-0.15, -0.1) is 0 Å². The highest BCUT2D eigenvalue weighted by Crippen LogP contribution is 2.30. The normalized spacial score (nSPS) is 19.6. The molecule has 1 aliphatic rings. The van der Waals surface area contributed by atoms with Crippen molar-refractivity contribution >= 4 is 21.6 Å². The summed E-state index contributed by atoms with van der Waals surface area (Å²) in [5, 5.41) is 2.62. The van der Waals surface area contributed by atoms with E-state index in [2.05, 4.69) is 10.1 Å². The molecule has 1 heterocycles. The molecule has 0 saturated carbocycles. The van der Waals surface area contributed by atoms with Crippen LogP contribution in [0, 0.1) is 11.8 Å². The predicted octanol–water partition coefficient (Wildman–Crippen LogP) is 4.22. The highest BCUT2D eigenvalue weighted by atomic mass is 32.2. The summed E-state index contributed by atoms with van der Waals surface area (Å²) in [6.07, 6.45) is 0.992. The van der Waals surface area contributed by atoms with Crippen molar-refractivity contribution in [1.29, 1.82) is 0 Å². The Morgan fingerprint density at radius 1 is 1.06 bits per heavy atom. The third kappa shape index (κ3) is 5.55. The number of rotatable bonds is 7. The number of carbonyl (C=O) groups is 1. The van der Waals surface area contributed by atoms with E-state index in [1.807, 2.05) is 13.8 Å². The number of hydrogen-bond acceptors (Lipinski definition) is 5. The van der Waals surface area contributed by atoms with Crippen LogP contribution in [0.15, 0.2) is 47.4 Å². The van der Waals surface area contributed by atoms with Gasteiger partial charge in [0.1, 0.15) is 0 Å². The Morgan fingerprint density at radius 2 is 1.69 bits per heavy atom. The van der Waals surface area contributed by atoms with Crippen LogP contribution in [0.4, 0.5) is 14.5 Å². The van der Waals surface area contributed by atoms with Gasteiger partial charge in [0.15, 0.2) is 11.5 Å². The molecule has 2 atom stereocenters. The molecule has 3 rings (SSSR count). The lowest BCUT2D eigenvalue weighted by atomic mass is 9.94. The Hall–Kier alpha value is -2.72. The fourth-order valence-corrected chi connectivity index (χ4v) is 5.55. The summed E-state index contributed by atoms with van der Waals surface area (Å²) in [6.45, 7) is 1.96. The third-order valence-corrected chi connectivity index (χ3v) is 7.07. The highest BCUT2D eigenvalue weighted by molar-refractivity contribution is 7.89. The van der Waals surface area contributed by atoms with Crippen LogP contribution in [0.1, 0.15) is 30.6 Å². The number of carbonyl (C=O) groups excluding carboxylic acids is 1. The van der Waals surface area contributed by atoms with Crippen LogP contribution >= 0.6 is 0 Å². The average Bonchev–Trinajstić information content (AvgIpc) is 2.73. The number of nitrogens with one attached hydrogen (secondary N) is 1. The molecular weight excluding hydrogens is 442 g/mol. The summed E-state index contributed by atoms with van der Waals surface area (Å²) in [7, 11) is -2.33. The van der Waals surface area contributed by atoms with Crippen LogP contribution in [-0.2, 0) is 10.0 Å². The molecule has 1 N–H and O–H groups in total. The highest BCUT2D eigenvalue weighted by Gasteiger charge is 2.31. The van der Waals surface area contributed by atoms with Crippen molar-refractivity contribution in [3.8, 4) is 11.5 Å². The first kappa shape index (κ1) is 23.9. The molecule has 32 heavy (non-hydrogen) atoms. The number of sulfonamides is 1. The zero-order valence-corrected chi connectivity index (χ0v) is 18.9. The molecule has 0 radical (unpaired) electrons. The summed E-state index contributed by atoms with van der Waals surface area (Å²) in [4.78, 5) is 12.7. The molecule has 1 saturated heterocycles. The maximum Gasteiger partial charge on any atom is 0.387 e. The van der Waals surface area contributed by atoms with Crippen molar-refractivity contribution in [3.63, 3.8) is 0 Å². The molecule has 0 spiro atoms. The first-order chi connectivity index (χ1) is 15.1. The maximum absolute atomic E-state index is 13.0. The van der Waals surface area contributed by atoms with Crippen molar-refractivity contribution in [2.45, 2.75) is 31.8 Å². The second kappa shape index (κ2) is 9.83. The number of methoxy groups -OCH3 is 1. The Bertz CT molecular complexity index is 1050. The SMILES string of the molecule is COc1ccc(C(=O)Nc2ccc(S(=O)(=O)N3CC(C)CC(C)C3)cc2)cc1OC(F)F. The first-order valence-corrected chi connectivity index (χ1v) is 11.6. The molecule has 0 bridgehead atoms. The molecule has 2 aromatic rings. The maximum atomic E-state index is 13.0. The van der Waals surface area contributed by atoms with Gasteiger partial charge in [0, 0.05) is 24.3 Å². The molecule has 1 aliphatic heterocycles. The van der Waals surface area contributed by atoms with E-state index in [1.165, 1.54) is 47.8 Å². The van der Waals surface area contributed by atoms with E-state index in [0.29, 0.717) is 18.8 Å². The van der Waals surface area contributed by atoms with Gasteiger partial charge < -0.3 is 14.8 Å². The van der Waals surface area contributed by atoms with E-state index < -0.39 is 22.5 Å². The molecule has 0 aliphatic carbocycles. The fraction of sp³-hybridized carbons (Fsp3) is 0.409. The smallest absolute Gasteiger partial charge is 0.387 e. The molecule has 2 unspecified atom stereocenters. The van der Waals surface area contributed by atoms with Crippen molar-refractivity contribution in [3.05, 3.63) is 48.0 Å². The number of nitrogens with zero attached hydrogens (tertiary/aromatic N) is 1. The van der Waals surface area contributed by atoms with Gasteiger partial charge >= 0.3 is 6.61 Å². The van der Waals surface area contributed by atoms with E-state index in [0.717, 1.165) is 12.5 Å². The molecule has 7 nitrogen and oxygen atoms in total. The summed E-state index contributed by atoms with van der Waals surface area (Å²) >= 11 is 0. The van der Waals surface area contributed by atoms with Gasteiger partial charge in [-0.05, 0) is 60.7 Å². The monoisotopic (exact) mass is 468 g/mol. The first-order valence-electron chi connectivity index (χ1n) is 10.1. The number of ether oxygens (including phenoxy) is 2. The quantitative estimate of drug-likeness (QED) is 0.658. The Kier molecular flexibility index (Phi) is 7.35. The van der Waals surface area contributed by atoms with Crippen LogP contribution in [0.3, 0.4) is 0 Å². The summed E-state index contributed by atoms with van der Waals surface area (Å²) in [5.41, 5.74) is 0.441. The van der Waals surface area contributed by atoms with Crippen LogP contribution in [0.5, 0.6) is 11.5 Å². The minimum absolute atomic E-state index is 0.0674. The van der Waals surface area contributed by atoms with Crippen LogP contribution in [0.2, 0.25) is 0 Å². The lowest BCUT2D eigenvalue weighted by molar-refractivity contribution is -0.0512. The minimum Gasteiger partial charge on any atom is -0.493 e. The minimum atomic E-state index is -3.63. The molecule has 1 amide bonds. The van der Waals surface area contributed by atoms with E-state index in [4.69, 9.17) is 4.74 Å².